The van der Waals surface area contributed by atoms with E-state index in [0.29, 0.717) is 40.4 Å². The van der Waals surface area contributed by atoms with E-state index in [0.717, 1.165) is 23.9 Å². The number of carbonyl (C=O) groups is 2. The molecule has 1 atom stereocenters. The molecule has 8 heteroatoms. The summed E-state index contributed by atoms with van der Waals surface area (Å²) in [5.41, 5.74) is 3.71. The lowest BCUT2D eigenvalue weighted by Crippen LogP contribution is -2.30. The molecule has 0 bridgehead atoms. The number of pyridine rings is 1. The van der Waals surface area contributed by atoms with Gasteiger partial charge in [-0.05, 0) is 73.7 Å². The minimum absolute atomic E-state index is 0.105. The van der Waals surface area contributed by atoms with Crippen LogP contribution >= 0.6 is 0 Å². The summed E-state index contributed by atoms with van der Waals surface area (Å²) < 4.78 is 30.8. The number of carbonyl (C=O) groups excluding carboxylic acids is 2. The van der Waals surface area contributed by atoms with E-state index in [1.807, 2.05) is 32.9 Å². The minimum atomic E-state index is -0.515. The van der Waals surface area contributed by atoms with Crippen molar-refractivity contribution >= 4 is 11.9 Å². The van der Waals surface area contributed by atoms with Crippen LogP contribution in [0.15, 0.2) is 48.7 Å². The maximum Gasteiger partial charge on any atom is 0.343 e. The van der Waals surface area contributed by atoms with Crippen LogP contribution in [-0.4, -0.2) is 48.6 Å². The molecule has 1 heterocycles. The van der Waals surface area contributed by atoms with Gasteiger partial charge in [0.2, 0.25) is 5.88 Å². The summed E-state index contributed by atoms with van der Waals surface area (Å²) in [6, 6.07) is 12.5. The number of esters is 2. The number of benzene rings is 2. The first-order valence-corrected chi connectivity index (χ1v) is 14.0. The van der Waals surface area contributed by atoms with Gasteiger partial charge in [0.05, 0.1) is 32.4 Å². The second kappa shape index (κ2) is 15.9. The Morgan fingerprint density at radius 1 is 1.02 bits per heavy atom. The van der Waals surface area contributed by atoms with Crippen LogP contribution in [0.1, 0.15) is 80.9 Å². The van der Waals surface area contributed by atoms with Gasteiger partial charge in [-0.25, -0.2) is 14.2 Å². The largest absolute Gasteiger partial charge is 0.481 e. The number of hydrogen-bond donors (Lipinski definition) is 0. The van der Waals surface area contributed by atoms with E-state index in [4.69, 9.17) is 14.2 Å². The highest BCUT2D eigenvalue weighted by atomic mass is 19.1. The molecule has 0 aliphatic heterocycles. The third-order valence-corrected chi connectivity index (χ3v) is 6.85. The van der Waals surface area contributed by atoms with Crippen LogP contribution in [0, 0.1) is 12.7 Å². The van der Waals surface area contributed by atoms with Crippen molar-refractivity contribution in [2.75, 3.05) is 20.8 Å². The summed E-state index contributed by atoms with van der Waals surface area (Å²) in [7, 11) is 2.84. The van der Waals surface area contributed by atoms with Crippen molar-refractivity contribution in [3.05, 3.63) is 76.7 Å². The topological polar surface area (TPSA) is 78.0 Å². The Labute approximate surface area is 243 Å². The number of hydrogen-bond acceptors (Lipinski definition) is 7. The lowest BCUT2D eigenvalue weighted by atomic mass is 9.93. The number of rotatable bonds is 11. The monoisotopic (exact) mass is 566 g/mol. The minimum Gasteiger partial charge on any atom is -0.481 e. The summed E-state index contributed by atoms with van der Waals surface area (Å²) in [6.07, 6.45) is 1.36. The van der Waals surface area contributed by atoms with E-state index in [1.165, 1.54) is 14.2 Å². The smallest absolute Gasteiger partial charge is 0.343 e. The van der Waals surface area contributed by atoms with Gasteiger partial charge in [0.1, 0.15) is 11.6 Å². The zero-order valence-corrected chi connectivity index (χ0v) is 25.7. The van der Waals surface area contributed by atoms with E-state index in [2.05, 4.69) is 30.7 Å². The summed E-state index contributed by atoms with van der Waals surface area (Å²) in [4.78, 5) is 31.3. The lowest BCUT2D eigenvalue weighted by Gasteiger charge is -2.26. The molecule has 2 aromatic carbocycles. The Hall–Kier alpha value is -3.78. The second-order valence-electron chi connectivity index (χ2n) is 9.83. The molecule has 0 amide bonds. The van der Waals surface area contributed by atoms with Gasteiger partial charge in [0.15, 0.2) is 0 Å². The molecule has 0 saturated carbocycles. The van der Waals surface area contributed by atoms with Gasteiger partial charge in [-0.15, -0.1) is 0 Å². The van der Waals surface area contributed by atoms with Crippen LogP contribution in [0.25, 0.3) is 11.1 Å². The quantitative estimate of drug-likeness (QED) is 0.177. The third-order valence-electron chi connectivity index (χ3n) is 6.85. The molecule has 222 valence electrons. The number of halogens is 1. The molecule has 3 aromatic rings. The average Bonchev–Trinajstić information content (AvgIpc) is 2.97. The number of ether oxygens (including phenoxy) is 3. The summed E-state index contributed by atoms with van der Waals surface area (Å²) in [6.45, 7) is 15.3. The third kappa shape index (κ3) is 8.85. The van der Waals surface area contributed by atoms with Crippen LogP contribution in [0.4, 0.5) is 4.39 Å². The van der Waals surface area contributed by atoms with Gasteiger partial charge < -0.3 is 14.2 Å². The Kier molecular flexibility index (Phi) is 12.9. The first-order chi connectivity index (χ1) is 19.6. The maximum atomic E-state index is 15.0. The highest BCUT2D eigenvalue weighted by Gasteiger charge is 2.21. The van der Waals surface area contributed by atoms with Gasteiger partial charge in [-0.2, -0.15) is 0 Å². The Morgan fingerprint density at radius 3 is 2.34 bits per heavy atom. The highest BCUT2D eigenvalue weighted by molar-refractivity contribution is 5.94. The highest BCUT2D eigenvalue weighted by Crippen LogP contribution is 2.33. The van der Waals surface area contributed by atoms with E-state index < -0.39 is 11.8 Å². The molecule has 41 heavy (non-hydrogen) atoms. The first kappa shape index (κ1) is 33.4. The zero-order chi connectivity index (χ0) is 30.7. The van der Waals surface area contributed by atoms with Crippen LogP contribution in [0.2, 0.25) is 0 Å². The van der Waals surface area contributed by atoms with Crippen molar-refractivity contribution in [1.29, 1.82) is 0 Å². The van der Waals surface area contributed by atoms with E-state index >= 15 is 0 Å². The van der Waals surface area contributed by atoms with E-state index in [9.17, 15) is 14.0 Å². The SMILES string of the molecule is CC.CCN(Cc1cc(C(=O)Oc2cccc([C@H](C)CC(=O)OC)c2)c(C)cc1-c1cc(OC)ncc1F)C(C)C. The summed E-state index contributed by atoms with van der Waals surface area (Å²) >= 11 is 0. The summed E-state index contributed by atoms with van der Waals surface area (Å²) in [5, 5.41) is 0. The molecule has 0 aliphatic carbocycles. The Balaban J connectivity index is 0.00000287. The van der Waals surface area contributed by atoms with Crippen LogP contribution < -0.4 is 9.47 Å². The molecule has 0 fully saturated rings. The molecule has 0 radical (unpaired) electrons. The van der Waals surface area contributed by atoms with Gasteiger partial charge in [-0.3, -0.25) is 9.69 Å². The predicted octanol–water partition coefficient (Wildman–Crippen LogP) is 7.35. The van der Waals surface area contributed by atoms with Crippen molar-refractivity contribution < 1.29 is 28.2 Å². The fourth-order valence-corrected chi connectivity index (χ4v) is 4.47. The summed E-state index contributed by atoms with van der Waals surface area (Å²) in [5.74, 6) is -0.723. The molecule has 0 aliphatic rings. The normalized spacial score (nSPS) is 11.5. The predicted molar refractivity (Wildman–Crippen MR) is 160 cm³/mol. The number of methoxy groups -OCH3 is 2. The number of aromatic nitrogens is 1. The van der Waals surface area contributed by atoms with Gasteiger partial charge in [-0.1, -0.05) is 45.9 Å². The molecule has 0 saturated heterocycles. The number of nitrogens with zero attached hydrogens (tertiary/aromatic N) is 2. The lowest BCUT2D eigenvalue weighted by molar-refractivity contribution is -0.140. The molecule has 0 unspecified atom stereocenters. The molecule has 3 rings (SSSR count). The fourth-order valence-electron chi connectivity index (χ4n) is 4.47. The van der Waals surface area contributed by atoms with Crippen molar-refractivity contribution in [3.63, 3.8) is 0 Å². The van der Waals surface area contributed by atoms with Crippen molar-refractivity contribution in [2.45, 2.75) is 73.4 Å². The molecule has 0 N–H and O–H groups in total. The van der Waals surface area contributed by atoms with E-state index in [-0.39, 0.29) is 24.3 Å². The van der Waals surface area contributed by atoms with Gasteiger partial charge in [0.25, 0.3) is 0 Å². The Morgan fingerprint density at radius 2 is 1.73 bits per heavy atom. The molecule has 1 aromatic heterocycles. The average molecular weight is 567 g/mol. The molecule has 7 nitrogen and oxygen atoms in total. The second-order valence-corrected chi connectivity index (χ2v) is 9.83. The van der Waals surface area contributed by atoms with Crippen molar-refractivity contribution in [1.82, 2.24) is 9.88 Å². The first-order valence-electron chi connectivity index (χ1n) is 14.0. The molecule has 0 spiro atoms. The standard InChI is InChI=1S/C31H37FN2O5.C2H6/c1-8-34(19(2)3)18-23-15-25(21(5)12-26(23)27-16-29(37-6)33-17-28(27)32)31(36)39-24-11-9-10-22(14-24)20(4)13-30(35)38-7;1-2/h9-12,14-17,19-20H,8,13,18H2,1-7H3;1-2H3/t20-;/m1./s1. The van der Waals surface area contributed by atoms with Crippen LogP contribution in [0.5, 0.6) is 11.6 Å². The zero-order valence-electron chi connectivity index (χ0n) is 25.7. The Bertz CT molecular complexity index is 1320. The molecular formula is C33H43FN2O5. The van der Waals surface area contributed by atoms with Crippen LogP contribution in [0.3, 0.4) is 0 Å². The maximum absolute atomic E-state index is 15.0. The van der Waals surface area contributed by atoms with E-state index in [1.54, 1.807) is 37.3 Å². The van der Waals surface area contributed by atoms with Crippen molar-refractivity contribution in [3.8, 4) is 22.8 Å². The van der Waals surface area contributed by atoms with Crippen LogP contribution in [-0.2, 0) is 16.1 Å². The number of aryl methyl sites for hydroxylation is 1. The van der Waals surface area contributed by atoms with Gasteiger partial charge in [0, 0.05) is 24.2 Å². The fraction of sp³-hybridized carbons (Fsp3) is 0.424. The molecular weight excluding hydrogens is 523 g/mol. The van der Waals surface area contributed by atoms with Gasteiger partial charge >= 0.3 is 11.9 Å². The van der Waals surface area contributed by atoms with Crippen molar-refractivity contribution in [2.24, 2.45) is 0 Å².